The van der Waals surface area contributed by atoms with Crippen molar-refractivity contribution in [2.45, 2.75) is 59.8 Å². The van der Waals surface area contributed by atoms with Gasteiger partial charge in [-0.1, -0.05) is 41.5 Å². The number of carbonyl (C=O) groups is 1. The molecule has 5 heteroatoms. The second kappa shape index (κ2) is 5.43. The maximum atomic E-state index is 12.5. The van der Waals surface area contributed by atoms with E-state index < -0.39 is 0 Å². The van der Waals surface area contributed by atoms with Gasteiger partial charge in [-0.25, -0.2) is 4.98 Å². The van der Waals surface area contributed by atoms with Gasteiger partial charge in [-0.05, 0) is 24.2 Å². The van der Waals surface area contributed by atoms with Crippen LogP contribution < -0.4 is 0 Å². The fourth-order valence-corrected chi connectivity index (χ4v) is 2.78. The Morgan fingerprint density at radius 3 is 2.14 bits per heavy atom. The smallest absolute Gasteiger partial charge is 0.293 e. The molecule has 21 heavy (non-hydrogen) atoms. The van der Waals surface area contributed by atoms with Crippen LogP contribution in [0, 0.1) is 11.3 Å². The van der Waals surface area contributed by atoms with Crippen LogP contribution in [0.5, 0.6) is 0 Å². The number of hydrogen-bond donors (Lipinski definition) is 1. The van der Waals surface area contributed by atoms with E-state index >= 15 is 0 Å². The van der Waals surface area contributed by atoms with E-state index in [1.54, 1.807) is 0 Å². The second-order valence-electron chi connectivity index (χ2n) is 8.19. The SMILES string of the molecule is CC(C)(C)c1nc(C(=O)N2CCC(C(C)(C)C)CC2)n[nH]1. The maximum absolute atomic E-state index is 12.5. The zero-order valence-electron chi connectivity index (χ0n) is 14.2. The number of piperidine rings is 1. The molecule has 1 fully saturated rings. The molecule has 1 aliphatic heterocycles. The standard InChI is InChI=1S/C16H28N4O/c1-15(2,3)11-7-9-20(10-8-11)13(21)12-17-14(19-18-12)16(4,5)6/h11H,7-10H2,1-6H3,(H,17,18,19). The first-order valence-corrected chi connectivity index (χ1v) is 7.81. The molecule has 1 amide bonds. The number of nitrogens with zero attached hydrogens (tertiary/aromatic N) is 3. The molecule has 0 spiro atoms. The topological polar surface area (TPSA) is 61.9 Å². The number of amides is 1. The quantitative estimate of drug-likeness (QED) is 0.865. The van der Waals surface area contributed by atoms with E-state index in [9.17, 15) is 4.79 Å². The van der Waals surface area contributed by atoms with Gasteiger partial charge in [-0.15, -0.1) is 5.10 Å². The largest absolute Gasteiger partial charge is 0.336 e. The molecule has 0 bridgehead atoms. The molecule has 1 aromatic heterocycles. The van der Waals surface area contributed by atoms with Crippen LogP contribution in [0.1, 0.15) is 70.8 Å². The van der Waals surface area contributed by atoms with E-state index in [2.05, 4.69) is 56.7 Å². The third-order valence-corrected chi connectivity index (χ3v) is 4.39. The summed E-state index contributed by atoms with van der Waals surface area (Å²) in [5, 5.41) is 6.99. The monoisotopic (exact) mass is 292 g/mol. The van der Waals surface area contributed by atoms with Crippen molar-refractivity contribution < 1.29 is 4.79 Å². The molecule has 0 unspecified atom stereocenters. The number of hydrogen-bond acceptors (Lipinski definition) is 3. The van der Waals surface area contributed by atoms with Crippen LogP contribution in [0.15, 0.2) is 0 Å². The Morgan fingerprint density at radius 1 is 1.14 bits per heavy atom. The molecule has 0 atom stereocenters. The Labute approximate surface area is 127 Å². The van der Waals surface area contributed by atoms with Crippen LogP contribution in [0.3, 0.4) is 0 Å². The third kappa shape index (κ3) is 3.63. The lowest BCUT2D eigenvalue weighted by Gasteiger charge is -2.38. The minimum absolute atomic E-state index is 0.0471. The van der Waals surface area contributed by atoms with E-state index in [4.69, 9.17) is 0 Å². The lowest BCUT2D eigenvalue weighted by Crippen LogP contribution is -2.41. The molecule has 0 aliphatic carbocycles. The van der Waals surface area contributed by atoms with Crippen LogP contribution in [-0.2, 0) is 5.41 Å². The van der Waals surface area contributed by atoms with Gasteiger partial charge >= 0.3 is 0 Å². The molecular weight excluding hydrogens is 264 g/mol. The van der Waals surface area contributed by atoms with Crippen molar-refractivity contribution in [2.24, 2.45) is 11.3 Å². The molecular formula is C16H28N4O. The summed E-state index contributed by atoms with van der Waals surface area (Å²) in [6.07, 6.45) is 2.12. The Morgan fingerprint density at radius 2 is 1.71 bits per heavy atom. The maximum Gasteiger partial charge on any atom is 0.293 e. The summed E-state index contributed by atoms with van der Waals surface area (Å²) < 4.78 is 0. The molecule has 1 saturated heterocycles. The molecule has 0 saturated carbocycles. The summed E-state index contributed by atoms with van der Waals surface area (Å²) in [7, 11) is 0. The van der Waals surface area contributed by atoms with Crippen LogP contribution in [0.4, 0.5) is 0 Å². The number of aromatic amines is 1. The highest BCUT2D eigenvalue weighted by Crippen LogP contribution is 2.34. The number of H-pyrrole nitrogens is 1. The van der Waals surface area contributed by atoms with Gasteiger partial charge in [-0.2, -0.15) is 0 Å². The summed E-state index contributed by atoms with van der Waals surface area (Å²) in [5.74, 6) is 1.69. The van der Waals surface area contributed by atoms with Gasteiger partial charge in [0.2, 0.25) is 5.82 Å². The number of likely N-dealkylation sites (tertiary alicyclic amines) is 1. The summed E-state index contributed by atoms with van der Waals surface area (Å²) in [5.41, 5.74) is 0.198. The van der Waals surface area contributed by atoms with E-state index in [-0.39, 0.29) is 11.3 Å². The van der Waals surface area contributed by atoms with Crippen molar-refractivity contribution in [3.8, 4) is 0 Å². The van der Waals surface area contributed by atoms with Gasteiger partial charge in [0.15, 0.2) is 0 Å². The van der Waals surface area contributed by atoms with Gasteiger partial charge in [0, 0.05) is 18.5 Å². The van der Waals surface area contributed by atoms with E-state index in [0.717, 1.165) is 31.8 Å². The van der Waals surface area contributed by atoms with Gasteiger partial charge in [0.25, 0.3) is 5.91 Å². The lowest BCUT2D eigenvalue weighted by molar-refractivity contribution is 0.0597. The van der Waals surface area contributed by atoms with Crippen molar-refractivity contribution in [3.05, 3.63) is 11.6 Å². The molecule has 1 N–H and O–H groups in total. The molecule has 1 aliphatic rings. The molecule has 5 nitrogen and oxygen atoms in total. The average Bonchev–Trinajstić information content (AvgIpc) is 2.86. The Hall–Kier alpha value is -1.39. The van der Waals surface area contributed by atoms with Crippen LogP contribution in [0.25, 0.3) is 0 Å². The Kier molecular flexibility index (Phi) is 4.13. The van der Waals surface area contributed by atoms with Crippen molar-refractivity contribution in [1.82, 2.24) is 20.1 Å². The number of aromatic nitrogens is 3. The van der Waals surface area contributed by atoms with Gasteiger partial charge in [0.1, 0.15) is 5.82 Å². The summed E-state index contributed by atoms with van der Waals surface area (Å²) in [6, 6.07) is 0. The van der Waals surface area contributed by atoms with E-state index in [1.807, 2.05) is 4.90 Å². The highest BCUT2D eigenvalue weighted by molar-refractivity contribution is 5.90. The predicted octanol–water partition coefficient (Wildman–Crippen LogP) is 3.00. The fourth-order valence-electron chi connectivity index (χ4n) is 2.78. The fraction of sp³-hybridized carbons (Fsp3) is 0.812. The summed E-state index contributed by atoms with van der Waals surface area (Å²) >= 11 is 0. The average molecular weight is 292 g/mol. The van der Waals surface area contributed by atoms with Gasteiger partial charge in [-0.3, -0.25) is 9.89 Å². The second-order valence-corrected chi connectivity index (χ2v) is 8.19. The van der Waals surface area contributed by atoms with E-state index in [1.165, 1.54) is 0 Å². The first kappa shape index (κ1) is 16.0. The molecule has 2 heterocycles. The van der Waals surface area contributed by atoms with Crippen LogP contribution in [-0.4, -0.2) is 39.1 Å². The Bertz CT molecular complexity index is 499. The van der Waals surface area contributed by atoms with Crippen LogP contribution in [0.2, 0.25) is 0 Å². The van der Waals surface area contributed by atoms with Crippen molar-refractivity contribution >= 4 is 5.91 Å². The lowest BCUT2D eigenvalue weighted by atomic mass is 9.75. The zero-order valence-corrected chi connectivity index (χ0v) is 14.2. The minimum atomic E-state index is -0.120. The molecule has 0 aromatic carbocycles. The molecule has 2 rings (SSSR count). The van der Waals surface area contributed by atoms with Crippen molar-refractivity contribution in [1.29, 1.82) is 0 Å². The summed E-state index contributed by atoms with van der Waals surface area (Å²) in [6.45, 7) is 14.6. The predicted molar refractivity (Wildman–Crippen MR) is 83.2 cm³/mol. The van der Waals surface area contributed by atoms with Gasteiger partial charge in [0.05, 0.1) is 0 Å². The van der Waals surface area contributed by atoms with E-state index in [0.29, 0.717) is 17.2 Å². The first-order valence-electron chi connectivity index (χ1n) is 7.81. The normalized spacial score (nSPS) is 18.1. The highest BCUT2D eigenvalue weighted by atomic mass is 16.2. The third-order valence-electron chi connectivity index (χ3n) is 4.39. The zero-order chi connectivity index (χ0) is 15.8. The minimum Gasteiger partial charge on any atom is -0.336 e. The molecule has 0 radical (unpaired) electrons. The van der Waals surface area contributed by atoms with Crippen molar-refractivity contribution in [2.75, 3.05) is 13.1 Å². The number of carbonyl (C=O) groups excluding carboxylic acids is 1. The Balaban J connectivity index is 2.01. The van der Waals surface area contributed by atoms with Crippen molar-refractivity contribution in [3.63, 3.8) is 0 Å². The highest BCUT2D eigenvalue weighted by Gasteiger charge is 2.32. The molecule has 118 valence electrons. The number of nitrogens with one attached hydrogen (secondary N) is 1. The molecule has 1 aromatic rings. The number of rotatable bonds is 1. The van der Waals surface area contributed by atoms with Crippen LogP contribution >= 0.6 is 0 Å². The summed E-state index contributed by atoms with van der Waals surface area (Å²) in [4.78, 5) is 18.7. The van der Waals surface area contributed by atoms with Gasteiger partial charge < -0.3 is 4.90 Å². The first-order chi connectivity index (χ1) is 9.59.